The third-order valence-electron chi connectivity index (χ3n) is 7.11. The summed E-state index contributed by atoms with van der Waals surface area (Å²) >= 11 is 1.39. The molecule has 2 aliphatic rings. The second kappa shape index (κ2) is 8.94. The van der Waals surface area contributed by atoms with Crippen molar-refractivity contribution in [2.24, 2.45) is 5.41 Å². The largest absolute Gasteiger partial charge is 0.371 e. The molecule has 1 spiro atoms. The van der Waals surface area contributed by atoms with E-state index in [1.165, 1.54) is 11.3 Å². The summed E-state index contributed by atoms with van der Waals surface area (Å²) in [4.78, 5) is 44.8. The van der Waals surface area contributed by atoms with E-state index in [0.29, 0.717) is 22.8 Å². The van der Waals surface area contributed by atoms with Crippen LogP contribution in [0.3, 0.4) is 0 Å². The Labute approximate surface area is 212 Å². The molecule has 4 aromatic rings. The third-order valence-corrected chi connectivity index (χ3v) is 8.01. The zero-order valence-electron chi connectivity index (χ0n) is 19.8. The number of pyridine rings is 3. The summed E-state index contributed by atoms with van der Waals surface area (Å²) in [6.45, 7) is 4.26. The van der Waals surface area contributed by atoms with Gasteiger partial charge in [-0.25, -0.2) is 4.98 Å². The van der Waals surface area contributed by atoms with Crippen LogP contribution >= 0.6 is 11.3 Å². The first-order valence-electron chi connectivity index (χ1n) is 11.9. The van der Waals surface area contributed by atoms with E-state index in [2.05, 4.69) is 35.5 Å². The summed E-state index contributed by atoms with van der Waals surface area (Å²) in [6.07, 6.45) is 9.33. The number of thiazole rings is 1. The number of hydrogen-bond acceptors (Lipinski definition) is 8. The lowest BCUT2D eigenvalue weighted by Gasteiger charge is -2.39. The molecule has 10 heteroatoms. The molecule has 2 N–H and O–H groups in total. The van der Waals surface area contributed by atoms with Crippen LogP contribution in [0.2, 0.25) is 0 Å². The fourth-order valence-electron chi connectivity index (χ4n) is 5.05. The van der Waals surface area contributed by atoms with Crippen molar-refractivity contribution in [3.8, 4) is 11.1 Å². The minimum atomic E-state index is -0.246. The van der Waals surface area contributed by atoms with E-state index in [-0.39, 0.29) is 17.2 Å². The van der Waals surface area contributed by atoms with Crippen molar-refractivity contribution >= 4 is 44.3 Å². The second-order valence-corrected chi connectivity index (χ2v) is 10.6. The average Bonchev–Trinajstić information content (AvgIpc) is 3.46. The minimum absolute atomic E-state index is 0.0428. The number of carbonyl (C=O) groups is 2. The van der Waals surface area contributed by atoms with E-state index in [1.807, 2.05) is 31.2 Å². The number of nitrogens with one attached hydrogen (secondary N) is 2. The molecule has 0 unspecified atom stereocenters. The van der Waals surface area contributed by atoms with E-state index < -0.39 is 0 Å². The van der Waals surface area contributed by atoms with Crippen LogP contribution in [0.25, 0.3) is 21.5 Å². The van der Waals surface area contributed by atoms with Gasteiger partial charge in [0.1, 0.15) is 0 Å². The SMILES string of the molecule is Cc1cc(N2CCC3(CC2)CNC(=O)C3)c(C(=O)Nc2nc3ncc(-c4ccncc4)cc3s2)cn1. The second-order valence-electron chi connectivity index (χ2n) is 9.54. The fourth-order valence-corrected chi connectivity index (χ4v) is 5.91. The zero-order chi connectivity index (χ0) is 24.7. The molecule has 2 aliphatic heterocycles. The van der Waals surface area contributed by atoms with E-state index in [1.54, 1.807) is 24.8 Å². The van der Waals surface area contributed by atoms with Gasteiger partial charge in [-0.1, -0.05) is 11.3 Å². The number of nitrogens with zero attached hydrogens (tertiary/aromatic N) is 5. The number of aryl methyl sites for hydroxylation is 1. The van der Waals surface area contributed by atoms with Crippen LogP contribution in [-0.2, 0) is 4.79 Å². The van der Waals surface area contributed by atoms with E-state index in [0.717, 1.165) is 59.7 Å². The molecule has 2 saturated heterocycles. The molecule has 2 fully saturated rings. The Balaban J connectivity index is 1.22. The monoisotopic (exact) mass is 499 g/mol. The molecule has 6 rings (SSSR count). The Kier molecular flexibility index (Phi) is 5.60. The van der Waals surface area contributed by atoms with Gasteiger partial charge in [-0.15, -0.1) is 0 Å². The van der Waals surface area contributed by atoms with Gasteiger partial charge in [-0.3, -0.25) is 24.9 Å². The summed E-state index contributed by atoms with van der Waals surface area (Å²) < 4.78 is 0.892. The van der Waals surface area contributed by atoms with Crippen LogP contribution in [0.15, 0.2) is 49.1 Å². The number of fused-ring (bicyclic) bond motifs is 1. The topological polar surface area (TPSA) is 113 Å². The Hall–Kier alpha value is -3.92. The van der Waals surface area contributed by atoms with Crippen LogP contribution in [0, 0.1) is 12.3 Å². The highest BCUT2D eigenvalue weighted by Crippen LogP contribution is 2.39. The lowest BCUT2D eigenvalue weighted by molar-refractivity contribution is -0.119. The van der Waals surface area contributed by atoms with E-state index >= 15 is 0 Å². The highest BCUT2D eigenvalue weighted by molar-refractivity contribution is 7.22. The van der Waals surface area contributed by atoms with Crippen molar-refractivity contribution in [2.75, 3.05) is 29.9 Å². The molecule has 0 radical (unpaired) electrons. The number of amides is 2. The van der Waals surface area contributed by atoms with Gasteiger partial charge in [0, 0.05) is 62.1 Å². The molecule has 0 bridgehead atoms. The van der Waals surface area contributed by atoms with Gasteiger partial charge in [0.15, 0.2) is 10.8 Å². The molecule has 0 aromatic carbocycles. The Morgan fingerprint density at radius 1 is 1.11 bits per heavy atom. The number of carbonyl (C=O) groups excluding carboxylic acids is 2. The Bertz CT molecular complexity index is 1460. The van der Waals surface area contributed by atoms with Gasteiger partial charge in [0.25, 0.3) is 5.91 Å². The van der Waals surface area contributed by atoms with Crippen LogP contribution in [0.5, 0.6) is 0 Å². The number of anilines is 2. The molecule has 6 heterocycles. The standard InChI is InChI=1S/C26H25N7O2S/c1-16-10-20(33-8-4-26(5-9-33)12-22(34)30-15-26)19(14-28-16)24(35)32-25-31-23-21(36-25)11-18(13-29-23)17-2-6-27-7-3-17/h2-3,6-7,10-11,13-14H,4-5,8-9,12,15H2,1H3,(H,30,34)(H,29,31,32,35). The first-order chi connectivity index (χ1) is 17.5. The summed E-state index contributed by atoms with van der Waals surface area (Å²) in [5, 5.41) is 6.43. The van der Waals surface area contributed by atoms with Gasteiger partial charge >= 0.3 is 0 Å². The maximum absolute atomic E-state index is 13.4. The van der Waals surface area contributed by atoms with Crippen molar-refractivity contribution in [1.82, 2.24) is 25.3 Å². The maximum Gasteiger partial charge on any atom is 0.261 e. The normalized spacial score (nSPS) is 16.9. The van der Waals surface area contributed by atoms with Crippen molar-refractivity contribution in [3.63, 3.8) is 0 Å². The van der Waals surface area contributed by atoms with Crippen LogP contribution < -0.4 is 15.5 Å². The predicted molar refractivity (Wildman–Crippen MR) is 139 cm³/mol. The van der Waals surface area contributed by atoms with Crippen LogP contribution in [0.1, 0.15) is 35.3 Å². The molecule has 0 aliphatic carbocycles. The van der Waals surface area contributed by atoms with Crippen molar-refractivity contribution in [3.05, 3.63) is 60.3 Å². The number of hydrogen-bond donors (Lipinski definition) is 2. The number of aromatic nitrogens is 4. The predicted octanol–water partition coefficient (Wildman–Crippen LogP) is 3.82. The molecule has 9 nitrogen and oxygen atoms in total. The highest BCUT2D eigenvalue weighted by atomic mass is 32.1. The molecule has 182 valence electrons. The van der Waals surface area contributed by atoms with Crippen molar-refractivity contribution in [1.29, 1.82) is 0 Å². The summed E-state index contributed by atoms with van der Waals surface area (Å²) in [5.41, 5.74) is 4.87. The van der Waals surface area contributed by atoms with Crippen LogP contribution in [0.4, 0.5) is 10.8 Å². The van der Waals surface area contributed by atoms with Gasteiger partial charge in [0.2, 0.25) is 5.91 Å². The smallest absolute Gasteiger partial charge is 0.261 e. The van der Waals surface area contributed by atoms with Gasteiger partial charge in [0.05, 0.1) is 16.0 Å². The molecule has 36 heavy (non-hydrogen) atoms. The van der Waals surface area contributed by atoms with Gasteiger partial charge in [-0.2, -0.15) is 4.98 Å². The average molecular weight is 500 g/mol. The summed E-state index contributed by atoms with van der Waals surface area (Å²) in [7, 11) is 0. The van der Waals surface area contributed by atoms with Gasteiger partial charge < -0.3 is 10.2 Å². The first kappa shape index (κ1) is 22.5. The quantitative estimate of drug-likeness (QED) is 0.439. The molecule has 0 atom stereocenters. The van der Waals surface area contributed by atoms with E-state index in [4.69, 9.17) is 0 Å². The number of rotatable bonds is 4. The first-order valence-corrected chi connectivity index (χ1v) is 12.8. The summed E-state index contributed by atoms with van der Waals surface area (Å²) in [6, 6.07) is 7.85. The fraction of sp³-hybridized carbons (Fsp3) is 0.308. The van der Waals surface area contributed by atoms with Crippen LogP contribution in [-0.4, -0.2) is 51.4 Å². The Morgan fingerprint density at radius 3 is 2.67 bits per heavy atom. The number of piperidine rings is 1. The Morgan fingerprint density at radius 2 is 1.92 bits per heavy atom. The lowest BCUT2D eigenvalue weighted by Crippen LogP contribution is -2.42. The molecule has 0 saturated carbocycles. The molecular formula is C26H25N7O2S. The van der Waals surface area contributed by atoms with Crippen molar-refractivity contribution in [2.45, 2.75) is 26.2 Å². The molecular weight excluding hydrogens is 474 g/mol. The minimum Gasteiger partial charge on any atom is -0.371 e. The summed E-state index contributed by atoms with van der Waals surface area (Å²) in [5.74, 6) is -0.106. The zero-order valence-corrected chi connectivity index (χ0v) is 20.6. The maximum atomic E-state index is 13.4. The van der Waals surface area contributed by atoms with E-state index in [9.17, 15) is 9.59 Å². The molecule has 4 aromatic heterocycles. The molecule has 2 amide bonds. The highest BCUT2D eigenvalue weighted by Gasteiger charge is 2.41. The van der Waals surface area contributed by atoms with Gasteiger partial charge in [-0.05, 0) is 55.0 Å². The third kappa shape index (κ3) is 4.28. The van der Waals surface area contributed by atoms with Crippen molar-refractivity contribution < 1.29 is 9.59 Å². The lowest BCUT2D eigenvalue weighted by atomic mass is 9.77.